The molecule has 0 unspecified atom stereocenters. The summed E-state index contributed by atoms with van der Waals surface area (Å²) in [7, 11) is 0. The maximum atomic E-state index is 13.2. The van der Waals surface area contributed by atoms with E-state index in [1.165, 1.54) is 18.9 Å². The van der Waals surface area contributed by atoms with E-state index in [4.69, 9.17) is 5.11 Å². The van der Waals surface area contributed by atoms with Gasteiger partial charge < -0.3 is 10.4 Å². The van der Waals surface area contributed by atoms with Gasteiger partial charge in [0.2, 0.25) is 5.91 Å². The molecule has 0 saturated heterocycles. The van der Waals surface area contributed by atoms with E-state index < -0.39 is 11.8 Å². The third-order valence-electron chi connectivity index (χ3n) is 3.93. The summed E-state index contributed by atoms with van der Waals surface area (Å²) < 4.78 is 13.2. The highest BCUT2D eigenvalue weighted by molar-refractivity contribution is 6.00. The number of amides is 1. The van der Waals surface area contributed by atoms with Gasteiger partial charge in [-0.1, -0.05) is 25.7 Å². The normalized spacial score (nSPS) is 16.2. The van der Waals surface area contributed by atoms with Gasteiger partial charge in [-0.15, -0.1) is 0 Å². The molecule has 1 saturated carbocycles. The smallest absolute Gasteiger partial charge is 0.337 e. The number of aromatic carboxylic acids is 1. The molecule has 1 aromatic carbocycles. The maximum absolute atomic E-state index is 13.2. The second-order valence-corrected chi connectivity index (χ2v) is 5.60. The zero-order chi connectivity index (χ0) is 15.2. The minimum atomic E-state index is -1.18. The topological polar surface area (TPSA) is 66.4 Å². The Morgan fingerprint density at radius 3 is 2.48 bits per heavy atom. The van der Waals surface area contributed by atoms with Gasteiger partial charge in [0.1, 0.15) is 5.82 Å². The van der Waals surface area contributed by atoms with E-state index in [0.29, 0.717) is 12.3 Å². The van der Waals surface area contributed by atoms with Crippen LogP contribution in [0.25, 0.3) is 0 Å². The molecule has 2 rings (SSSR count). The first kappa shape index (κ1) is 15.5. The van der Waals surface area contributed by atoms with Crippen LogP contribution in [0, 0.1) is 11.7 Å². The fraction of sp³-hybridized carbons (Fsp3) is 0.500. The Morgan fingerprint density at radius 1 is 1.19 bits per heavy atom. The van der Waals surface area contributed by atoms with Crippen LogP contribution in [0.2, 0.25) is 0 Å². The van der Waals surface area contributed by atoms with Crippen LogP contribution in [-0.2, 0) is 4.79 Å². The van der Waals surface area contributed by atoms with Crippen LogP contribution in [0.3, 0.4) is 0 Å². The Morgan fingerprint density at radius 2 is 1.86 bits per heavy atom. The van der Waals surface area contributed by atoms with E-state index in [1.54, 1.807) is 0 Å². The van der Waals surface area contributed by atoms with Crippen molar-refractivity contribution < 1.29 is 19.1 Å². The number of anilines is 1. The lowest BCUT2D eigenvalue weighted by molar-refractivity contribution is -0.117. The fourth-order valence-electron chi connectivity index (χ4n) is 2.84. The Bertz CT molecular complexity index is 522. The highest BCUT2D eigenvalue weighted by atomic mass is 19.1. The van der Waals surface area contributed by atoms with Gasteiger partial charge >= 0.3 is 5.97 Å². The second-order valence-electron chi connectivity index (χ2n) is 5.60. The molecule has 2 N–H and O–H groups in total. The number of carbonyl (C=O) groups excluding carboxylic acids is 1. The number of carboxylic acid groups (broad SMARTS) is 1. The summed E-state index contributed by atoms with van der Waals surface area (Å²) in [5.41, 5.74) is -0.0632. The van der Waals surface area contributed by atoms with Crippen molar-refractivity contribution in [1.82, 2.24) is 0 Å². The van der Waals surface area contributed by atoms with Gasteiger partial charge in [-0.05, 0) is 37.0 Å². The van der Waals surface area contributed by atoms with Crippen molar-refractivity contribution in [2.45, 2.75) is 44.9 Å². The summed E-state index contributed by atoms with van der Waals surface area (Å²) in [5, 5.41) is 11.6. The summed E-state index contributed by atoms with van der Waals surface area (Å²) in [6.07, 6.45) is 7.13. The molecular weight excluding hydrogens is 273 g/mol. The summed E-state index contributed by atoms with van der Waals surface area (Å²) in [6, 6.07) is 3.29. The Labute approximate surface area is 123 Å². The molecule has 1 aliphatic carbocycles. The van der Waals surface area contributed by atoms with Crippen LogP contribution >= 0.6 is 0 Å². The van der Waals surface area contributed by atoms with Gasteiger partial charge in [0.05, 0.1) is 11.3 Å². The zero-order valence-electron chi connectivity index (χ0n) is 11.9. The second kappa shape index (κ2) is 7.20. The van der Waals surface area contributed by atoms with Crippen LogP contribution in [-0.4, -0.2) is 17.0 Å². The van der Waals surface area contributed by atoms with Crippen molar-refractivity contribution in [2.24, 2.45) is 5.92 Å². The molecule has 114 valence electrons. The number of rotatable bonds is 4. The maximum Gasteiger partial charge on any atom is 0.337 e. The Balaban J connectivity index is 2.01. The van der Waals surface area contributed by atoms with Gasteiger partial charge in [0, 0.05) is 6.42 Å². The van der Waals surface area contributed by atoms with Crippen LogP contribution in [0.15, 0.2) is 18.2 Å². The third kappa shape index (κ3) is 4.55. The summed E-state index contributed by atoms with van der Waals surface area (Å²) in [5.74, 6) is -1.64. The number of benzene rings is 1. The minimum Gasteiger partial charge on any atom is -0.478 e. The standard InChI is InChI=1S/C16H20FNO3/c17-12-7-8-13(16(20)21)14(10-12)18-15(19)9-11-5-3-1-2-4-6-11/h7-8,10-11H,1-6,9H2,(H,18,19)(H,20,21). The number of hydrogen-bond acceptors (Lipinski definition) is 2. The molecule has 0 aromatic heterocycles. The van der Waals surface area contributed by atoms with Gasteiger partial charge in [0.25, 0.3) is 0 Å². The van der Waals surface area contributed by atoms with Crippen molar-refractivity contribution >= 4 is 17.6 Å². The molecule has 0 heterocycles. The molecular formula is C16H20FNO3. The first-order chi connectivity index (χ1) is 10.1. The number of nitrogens with one attached hydrogen (secondary N) is 1. The summed E-state index contributed by atoms with van der Waals surface area (Å²) in [4.78, 5) is 23.1. The lowest BCUT2D eigenvalue weighted by Crippen LogP contribution is -2.18. The van der Waals surface area contributed by atoms with Crippen molar-refractivity contribution in [1.29, 1.82) is 0 Å². The third-order valence-corrected chi connectivity index (χ3v) is 3.93. The van der Waals surface area contributed by atoms with E-state index in [-0.39, 0.29) is 17.2 Å². The molecule has 5 heteroatoms. The van der Waals surface area contributed by atoms with Crippen LogP contribution in [0.4, 0.5) is 10.1 Å². The van der Waals surface area contributed by atoms with Crippen LogP contribution in [0.1, 0.15) is 55.3 Å². The van der Waals surface area contributed by atoms with Gasteiger partial charge in [0.15, 0.2) is 0 Å². The van der Waals surface area contributed by atoms with Crippen molar-refractivity contribution in [3.05, 3.63) is 29.6 Å². The number of hydrogen-bond donors (Lipinski definition) is 2. The number of carbonyl (C=O) groups is 2. The van der Waals surface area contributed by atoms with E-state index >= 15 is 0 Å². The number of carboxylic acids is 1. The van der Waals surface area contributed by atoms with E-state index in [9.17, 15) is 14.0 Å². The molecule has 1 amide bonds. The lowest BCUT2D eigenvalue weighted by Gasteiger charge is -2.14. The van der Waals surface area contributed by atoms with Gasteiger partial charge in [-0.25, -0.2) is 9.18 Å². The molecule has 0 radical (unpaired) electrons. The minimum absolute atomic E-state index is 0.0288. The summed E-state index contributed by atoms with van der Waals surface area (Å²) in [6.45, 7) is 0. The van der Waals surface area contributed by atoms with Gasteiger partial charge in [-0.2, -0.15) is 0 Å². The molecule has 0 atom stereocenters. The molecule has 0 bridgehead atoms. The van der Waals surface area contributed by atoms with Crippen molar-refractivity contribution in [2.75, 3.05) is 5.32 Å². The molecule has 21 heavy (non-hydrogen) atoms. The van der Waals surface area contributed by atoms with Crippen molar-refractivity contribution in [3.8, 4) is 0 Å². The first-order valence-electron chi connectivity index (χ1n) is 7.39. The van der Waals surface area contributed by atoms with E-state index in [1.807, 2.05) is 0 Å². The molecule has 4 nitrogen and oxygen atoms in total. The predicted molar refractivity (Wildman–Crippen MR) is 77.8 cm³/mol. The first-order valence-corrected chi connectivity index (χ1v) is 7.39. The molecule has 0 aliphatic heterocycles. The lowest BCUT2D eigenvalue weighted by atomic mass is 9.96. The number of halogens is 1. The van der Waals surface area contributed by atoms with Crippen LogP contribution in [0.5, 0.6) is 0 Å². The fourth-order valence-corrected chi connectivity index (χ4v) is 2.84. The molecule has 1 aromatic rings. The van der Waals surface area contributed by atoms with Gasteiger partial charge in [-0.3, -0.25) is 4.79 Å². The van der Waals surface area contributed by atoms with E-state index in [2.05, 4.69) is 5.32 Å². The van der Waals surface area contributed by atoms with E-state index in [0.717, 1.165) is 37.8 Å². The average Bonchev–Trinajstić information content (AvgIpc) is 2.66. The SMILES string of the molecule is O=C(CC1CCCCCC1)Nc1cc(F)ccc1C(=O)O. The summed E-state index contributed by atoms with van der Waals surface area (Å²) >= 11 is 0. The Kier molecular flexibility index (Phi) is 5.31. The largest absolute Gasteiger partial charge is 0.478 e. The molecule has 1 aliphatic rings. The predicted octanol–water partition coefficient (Wildman–Crippen LogP) is 3.82. The zero-order valence-corrected chi connectivity index (χ0v) is 11.9. The monoisotopic (exact) mass is 293 g/mol. The van der Waals surface area contributed by atoms with Crippen molar-refractivity contribution in [3.63, 3.8) is 0 Å². The molecule has 0 spiro atoms. The molecule has 1 fully saturated rings. The van der Waals surface area contributed by atoms with Crippen LogP contribution < -0.4 is 5.32 Å². The Hall–Kier alpha value is -1.91. The quantitative estimate of drug-likeness (QED) is 0.829. The highest BCUT2D eigenvalue weighted by Crippen LogP contribution is 2.26. The average molecular weight is 293 g/mol. The highest BCUT2D eigenvalue weighted by Gasteiger charge is 2.18.